The van der Waals surface area contributed by atoms with E-state index in [1.165, 1.54) is 11.3 Å². The van der Waals surface area contributed by atoms with Gasteiger partial charge in [-0.25, -0.2) is 4.79 Å². The number of fused-ring (bicyclic) bond motifs is 2. The molecule has 6 heteroatoms. The maximum atomic E-state index is 12.3. The summed E-state index contributed by atoms with van der Waals surface area (Å²) in [6.45, 7) is -0.326. The van der Waals surface area contributed by atoms with Gasteiger partial charge in [-0.3, -0.25) is 9.59 Å². The Morgan fingerprint density at radius 3 is 2.80 bits per heavy atom. The lowest BCUT2D eigenvalue weighted by molar-refractivity contribution is -0.115. The van der Waals surface area contributed by atoms with Crippen LogP contribution < -0.4 is 5.32 Å². The second-order valence-electron chi connectivity index (χ2n) is 5.74. The zero-order valence-electron chi connectivity index (χ0n) is 13.1. The number of nitrogens with one attached hydrogen (secondary N) is 1. The molecule has 0 saturated heterocycles. The molecule has 0 saturated carbocycles. The Morgan fingerprint density at radius 2 is 1.96 bits per heavy atom. The van der Waals surface area contributed by atoms with E-state index in [1.807, 2.05) is 24.3 Å². The highest BCUT2D eigenvalue weighted by Gasteiger charge is 2.20. The van der Waals surface area contributed by atoms with Crippen LogP contribution >= 0.6 is 11.3 Å². The van der Waals surface area contributed by atoms with Gasteiger partial charge in [0.1, 0.15) is 4.88 Å². The molecule has 0 fully saturated rings. The first-order valence-electron chi connectivity index (χ1n) is 7.72. The van der Waals surface area contributed by atoms with Crippen LogP contribution in [0.1, 0.15) is 25.6 Å². The van der Waals surface area contributed by atoms with Crippen LogP contribution in [0.15, 0.2) is 48.5 Å². The first-order chi connectivity index (χ1) is 12.1. The summed E-state index contributed by atoms with van der Waals surface area (Å²) in [5.74, 6) is -0.889. The van der Waals surface area contributed by atoms with E-state index in [0.717, 1.165) is 21.3 Å². The van der Waals surface area contributed by atoms with Gasteiger partial charge in [0.15, 0.2) is 12.4 Å². The van der Waals surface area contributed by atoms with Gasteiger partial charge in [-0.15, -0.1) is 11.3 Å². The molecule has 25 heavy (non-hydrogen) atoms. The second kappa shape index (κ2) is 6.14. The van der Waals surface area contributed by atoms with Gasteiger partial charge in [0.05, 0.1) is 6.42 Å². The fraction of sp³-hybridized carbons (Fsp3) is 0.105. The van der Waals surface area contributed by atoms with E-state index in [2.05, 4.69) is 5.32 Å². The van der Waals surface area contributed by atoms with Crippen molar-refractivity contribution in [2.45, 2.75) is 6.42 Å². The molecule has 1 aromatic heterocycles. The van der Waals surface area contributed by atoms with E-state index in [1.54, 1.807) is 24.3 Å². The average molecular weight is 351 g/mol. The molecule has 5 nitrogen and oxygen atoms in total. The van der Waals surface area contributed by atoms with Gasteiger partial charge in [0.2, 0.25) is 5.91 Å². The SMILES string of the molecule is O=C1Cc2cc(C(=O)COC(=O)c3cc4ccccc4s3)ccc2N1. The largest absolute Gasteiger partial charge is 0.453 e. The molecule has 124 valence electrons. The van der Waals surface area contributed by atoms with Crippen LogP contribution in [-0.2, 0) is 16.0 Å². The number of amides is 1. The molecule has 1 aliphatic rings. The Hall–Kier alpha value is -2.99. The van der Waals surface area contributed by atoms with E-state index < -0.39 is 5.97 Å². The van der Waals surface area contributed by atoms with Gasteiger partial charge in [-0.05, 0) is 41.3 Å². The lowest BCUT2D eigenvalue weighted by atomic mass is 10.1. The van der Waals surface area contributed by atoms with E-state index in [9.17, 15) is 14.4 Å². The number of ketones is 1. The third kappa shape index (κ3) is 3.04. The molecule has 2 heterocycles. The van der Waals surface area contributed by atoms with Crippen molar-refractivity contribution < 1.29 is 19.1 Å². The second-order valence-corrected chi connectivity index (χ2v) is 6.83. The van der Waals surface area contributed by atoms with E-state index >= 15 is 0 Å². The molecule has 1 amide bonds. The van der Waals surface area contributed by atoms with Crippen molar-refractivity contribution >= 4 is 44.8 Å². The minimum Gasteiger partial charge on any atom is -0.453 e. The maximum absolute atomic E-state index is 12.3. The Bertz CT molecular complexity index is 988. The highest BCUT2D eigenvalue weighted by molar-refractivity contribution is 7.20. The highest BCUT2D eigenvalue weighted by atomic mass is 32.1. The molecule has 0 unspecified atom stereocenters. The van der Waals surface area contributed by atoms with Gasteiger partial charge in [0.25, 0.3) is 0 Å². The van der Waals surface area contributed by atoms with Crippen LogP contribution in [0.3, 0.4) is 0 Å². The molecular formula is C19H13NO4S. The first kappa shape index (κ1) is 15.5. The number of hydrogen-bond acceptors (Lipinski definition) is 5. The normalized spacial score (nSPS) is 12.7. The number of anilines is 1. The van der Waals surface area contributed by atoms with E-state index in [-0.39, 0.29) is 24.7 Å². The van der Waals surface area contributed by atoms with Crippen LogP contribution in [0.25, 0.3) is 10.1 Å². The molecule has 0 radical (unpaired) electrons. The lowest BCUT2D eigenvalue weighted by Crippen LogP contribution is -2.13. The summed E-state index contributed by atoms with van der Waals surface area (Å²) in [5, 5.41) is 3.69. The predicted molar refractivity (Wildman–Crippen MR) is 95.2 cm³/mol. The van der Waals surface area contributed by atoms with E-state index in [4.69, 9.17) is 4.74 Å². The zero-order valence-corrected chi connectivity index (χ0v) is 13.9. The average Bonchev–Trinajstić information content (AvgIpc) is 3.20. The number of carbonyl (C=O) groups excluding carboxylic acids is 3. The predicted octanol–water partition coefficient (Wildman–Crippen LogP) is 3.44. The minimum absolute atomic E-state index is 0.0872. The summed E-state index contributed by atoms with van der Waals surface area (Å²) in [7, 11) is 0. The Kier molecular flexibility index (Phi) is 3.82. The number of ether oxygens (including phenoxy) is 1. The Labute approximate surface area is 147 Å². The molecule has 3 aromatic rings. The number of esters is 1. The van der Waals surface area contributed by atoms with Crippen LogP contribution in [0, 0.1) is 0 Å². The van der Waals surface area contributed by atoms with Crippen LogP contribution in [0.4, 0.5) is 5.69 Å². The number of carbonyl (C=O) groups is 3. The molecule has 2 aromatic carbocycles. The monoisotopic (exact) mass is 351 g/mol. The minimum atomic E-state index is -0.507. The summed E-state index contributed by atoms with van der Waals surface area (Å²) in [5.41, 5.74) is 1.94. The Balaban J connectivity index is 1.44. The summed E-state index contributed by atoms with van der Waals surface area (Å²) >= 11 is 1.34. The van der Waals surface area contributed by atoms with Gasteiger partial charge in [0, 0.05) is 16.0 Å². The van der Waals surface area contributed by atoms with Gasteiger partial charge >= 0.3 is 5.97 Å². The summed E-state index contributed by atoms with van der Waals surface area (Å²) in [4.78, 5) is 36.2. The summed E-state index contributed by atoms with van der Waals surface area (Å²) in [6, 6.07) is 14.4. The maximum Gasteiger partial charge on any atom is 0.348 e. The molecule has 1 N–H and O–H groups in total. The topological polar surface area (TPSA) is 72.5 Å². The van der Waals surface area contributed by atoms with Crippen LogP contribution in [0.5, 0.6) is 0 Å². The quantitative estimate of drug-likeness (QED) is 0.577. The Morgan fingerprint density at radius 1 is 1.12 bits per heavy atom. The van der Waals surface area contributed by atoms with Gasteiger partial charge < -0.3 is 10.1 Å². The van der Waals surface area contributed by atoms with Crippen molar-refractivity contribution in [2.75, 3.05) is 11.9 Å². The molecule has 0 atom stereocenters. The summed E-state index contributed by atoms with van der Waals surface area (Å²) in [6.07, 6.45) is 0.262. The van der Waals surface area contributed by atoms with Crippen LogP contribution in [0.2, 0.25) is 0 Å². The molecule has 0 aliphatic carbocycles. The third-order valence-electron chi connectivity index (χ3n) is 4.01. The molecule has 0 spiro atoms. The number of Topliss-reactive ketones (excluding diaryl/α,β-unsaturated/α-hetero) is 1. The summed E-state index contributed by atoms with van der Waals surface area (Å²) < 4.78 is 6.15. The third-order valence-corrected chi connectivity index (χ3v) is 5.11. The van der Waals surface area contributed by atoms with Crippen molar-refractivity contribution in [1.82, 2.24) is 0 Å². The fourth-order valence-electron chi connectivity index (χ4n) is 2.77. The molecular weight excluding hydrogens is 338 g/mol. The number of rotatable bonds is 4. The van der Waals surface area contributed by atoms with Gasteiger partial charge in [-0.1, -0.05) is 18.2 Å². The van der Waals surface area contributed by atoms with Crippen molar-refractivity contribution in [3.8, 4) is 0 Å². The number of benzene rings is 2. The number of hydrogen-bond donors (Lipinski definition) is 1. The van der Waals surface area contributed by atoms with Crippen molar-refractivity contribution in [3.05, 3.63) is 64.5 Å². The molecule has 4 rings (SSSR count). The smallest absolute Gasteiger partial charge is 0.348 e. The van der Waals surface area contributed by atoms with E-state index in [0.29, 0.717) is 10.4 Å². The van der Waals surface area contributed by atoms with Crippen molar-refractivity contribution in [2.24, 2.45) is 0 Å². The van der Waals surface area contributed by atoms with Crippen molar-refractivity contribution in [1.29, 1.82) is 0 Å². The standard InChI is InChI=1S/C19H13NO4S/c21-15(11-5-6-14-13(7-11)9-18(22)20-14)10-24-19(23)17-8-12-3-1-2-4-16(12)25-17/h1-8H,9-10H2,(H,20,22). The highest BCUT2D eigenvalue weighted by Crippen LogP contribution is 2.26. The van der Waals surface area contributed by atoms with Crippen LogP contribution in [-0.4, -0.2) is 24.3 Å². The zero-order chi connectivity index (χ0) is 17.4. The van der Waals surface area contributed by atoms with Gasteiger partial charge in [-0.2, -0.15) is 0 Å². The van der Waals surface area contributed by atoms with Crippen molar-refractivity contribution in [3.63, 3.8) is 0 Å². The fourth-order valence-corrected chi connectivity index (χ4v) is 3.73. The molecule has 0 bridgehead atoms. The lowest BCUT2D eigenvalue weighted by Gasteiger charge is -2.05. The number of thiophene rings is 1. The molecule has 1 aliphatic heterocycles. The first-order valence-corrected chi connectivity index (χ1v) is 8.53.